The van der Waals surface area contributed by atoms with Gasteiger partial charge in [-0.1, -0.05) is 69.5 Å². The van der Waals surface area contributed by atoms with E-state index in [9.17, 15) is 0 Å². The molecule has 0 amide bonds. The standard InChI is InChI=1S/C14H23O2PS2/c1-2-3-4-5-6-10-13-15-17(18,19)16-14-11-8-7-9-12-14/h7-9,11-12H,2-6,10,13H2,1H3,(H,18,19). The first kappa shape index (κ1) is 17.0. The van der Waals surface area contributed by atoms with E-state index in [0.29, 0.717) is 6.61 Å². The average Bonchev–Trinajstić information content (AvgIpc) is 2.38. The summed E-state index contributed by atoms with van der Waals surface area (Å²) in [5, 5.41) is 0. The Labute approximate surface area is 127 Å². The van der Waals surface area contributed by atoms with Crippen molar-refractivity contribution in [3.8, 4) is 5.75 Å². The van der Waals surface area contributed by atoms with Crippen LogP contribution in [0.15, 0.2) is 30.3 Å². The third-order valence-electron chi connectivity index (χ3n) is 2.72. The minimum absolute atomic E-state index is 0.639. The van der Waals surface area contributed by atoms with Crippen LogP contribution in [0.25, 0.3) is 0 Å². The smallest absolute Gasteiger partial charge is 0.294 e. The normalized spacial score (nSPS) is 14.0. The first-order valence-corrected chi connectivity index (χ1v) is 10.6. The zero-order valence-corrected chi connectivity index (χ0v) is 14.1. The van der Waals surface area contributed by atoms with Crippen LogP contribution in [0.3, 0.4) is 0 Å². The molecule has 0 aliphatic rings. The summed E-state index contributed by atoms with van der Waals surface area (Å²) in [6.45, 7) is 2.86. The van der Waals surface area contributed by atoms with E-state index in [2.05, 4.69) is 19.2 Å². The maximum Gasteiger partial charge on any atom is 0.294 e. The van der Waals surface area contributed by atoms with E-state index < -0.39 is 5.69 Å². The number of hydrogen-bond acceptors (Lipinski definition) is 3. The molecule has 0 fully saturated rings. The first-order chi connectivity index (χ1) is 9.14. The molecule has 1 aromatic carbocycles. The summed E-state index contributed by atoms with van der Waals surface area (Å²) < 4.78 is 11.2. The molecule has 5 heteroatoms. The average molecular weight is 318 g/mol. The highest BCUT2D eigenvalue weighted by atomic mass is 32.9. The van der Waals surface area contributed by atoms with Gasteiger partial charge in [0.15, 0.2) is 0 Å². The summed E-state index contributed by atoms with van der Waals surface area (Å²) in [7, 11) is 0. The first-order valence-electron chi connectivity index (χ1n) is 6.86. The van der Waals surface area contributed by atoms with Crippen molar-refractivity contribution in [2.24, 2.45) is 0 Å². The van der Waals surface area contributed by atoms with Crippen LogP contribution in [0.1, 0.15) is 45.4 Å². The Kier molecular flexibility index (Phi) is 8.80. The third kappa shape index (κ3) is 8.69. The van der Waals surface area contributed by atoms with Gasteiger partial charge in [-0.2, -0.15) is 0 Å². The van der Waals surface area contributed by atoms with Crippen LogP contribution in [-0.4, -0.2) is 6.61 Å². The predicted octanol–water partition coefficient (Wildman–Crippen LogP) is 5.60. The molecule has 1 aromatic rings. The number of rotatable bonds is 10. The SMILES string of the molecule is CCCCCCCCOP(=S)(S)Oc1ccccc1. The molecule has 1 rings (SSSR count). The lowest BCUT2D eigenvalue weighted by Gasteiger charge is -2.17. The van der Waals surface area contributed by atoms with E-state index >= 15 is 0 Å². The van der Waals surface area contributed by atoms with Crippen molar-refractivity contribution in [2.75, 3.05) is 6.61 Å². The Bertz CT molecular complexity index is 384. The zero-order chi connectivity index (χ0) is 14.0. The van der Waals surface area contributed by atoms with Gasteiger partial charge in [0.2, 0.25) is 0 Å². The van der Waals surface area contributed by atoms with E-state index in [0.717, 1.165) is 12.2 Å². The lowest BCUT2D eigenvalue weighted by atomic mass is 10.1. The van der Waals surface area contributed by atoms with Gasteiger partial charge in [0, 0.05) is 0 Å². The van der Waals surface area contributed by atoms with Crippen molar-refractivity contribution in [1.82, 2.24) is 0 Å². The van der Waals surface area contributed by atoms with Gasteiger partial charge in [0.25, 0.3) is 5.69 Å². The molecule has 0 aliphatic carbocycles. The molecule has 0 aromatic heterocycles. The monoisotopic (exact) mass is 318 g/mol. The molecular weight excluding hydrogens is 295 g/mol. The van der Waals surface area contributed by atoms with Crippen LogP contribution in [0.5, 0.6) is 5.75 Å². The van der Waals surface area contributed by atoms with Crippen molar-refractivity contribution in [3.63, 3.8) is 0 Å². The van der Waals surface area contributed by atoms with Crippen LogP contribution in [-0.2, 0) is 16.3 Å². The number of benzene rings is 1. The molecule has 0 bridgehead atoms. The fraction of sp³-hybridized carbons (Fsp3) is 0.571. The zero-order valence-electron chi connectivity index (χ0n) is 11.5. The number of para-hydroxylation sites is 1. The minimum atomic E-state index is -2.45. The molecule has 0 saturated heterocycles. The van der Waals surface area contributed by atoms with Gasteiger partial charge in [-0.25, -0.2) is 0 Å². The second-order valence-electron chi connectivity index (χ2n) is 4.47. The van der Waals surface area contributed by atoms with E-state index in [4.69, 9.17) is 20.9 Å². The molecule has 1 atom stereocenters. The van der Waals surface area contributed by atoms with Gasteiger partial charge in [0.1, 0.15) is 5.75 Å². The van der Waals surface area contributed by atoms with Gasteiger partial charge in [0.05, 0.1) is 6.61 Å². The highest BCUT2D eigenvalue weighted by Crippen LogP contribution is 2.53. The molecule has 0 heterocycles. The highest BCUT2D eigenvalue weighted by Gasteiger charge is 2.14. The topological polar surface area (TPSA) is 18.5 Å². The molecule has 1 unspecified atom stereocenters. The maximum atomic E-state index is 5.61. The summed E-state index contributed by atoms with van der Waals surface area (Å²) in [5.41, 5.74) is -2.45. The van der Waals surface area contributed by atoms with Crippen LogP contribution >= 0.6 is 17.9 Å². The lowest BCUT2D eigenvalue weighted by Crippen LogP contribution is -1.95. The Balaban J connectivity index is 2.15. The quantitative estimate of drug-likeness (QED) is 0.344. The van der Waals surface area contributed by atoms with Crippen LogP contribution in [0, 0.1) is 0 Å². The lowest BCUT2D eigenvalue weighted by molar-refractivity contribution is 0.311. The number of unbranched alkanes of at least 4 members (excludes halogenated alkanes) is 5. The fourth-order valence-electron chi connectivity index (χ4n) is 1.70. The van der Waals surface area contributed by atoms with Crippen molar-refractivity contribution in [3.05, 3.63) is 30.3 Å². The Morgan fingerprint density at radius 2 is 1.68 bits per heavy atom. The van der Waals surface area contributed by atoms with E-state index in [1.807, 2.05) is 30.3 Å². The Morgan fingerprint density at radius 1 is 1.05 bits per heavy atom. The number of hydrogen-bond donors (Lipinski definition) is 1. The molecular formula is C14H23O2PS2. The van der Waals surface area contributed by atoms with Gasteiger partial charge in [-0.15, -0.1) is 0 Å². The molecule has 0 radical (unpaired) electrons. The summed E-state index contributed by atoms with van der Waals surface area (Å²) in [4.78, 5) is 0. The summed E-state index contributed by atoms with van der Waals surface area (Å²) in [6, 6.07) is 9.49. The summed E-state index contributed by atoms with van der Waals surface area (Å²) in [6.07, 6.45) is 7.40. The van der Waals surface area contributed by atoms with Crippen molar-refractivity contribution in [1.29, 1.82) is 0 Å². The van der Waals surface area contributed by atoms with Crippen molar-refractivity contribution < 1.29 is 9.05 Å². The van der Waals surface area contributed by atoms with Crippen LogP contribution in [0.4, 0.5) is 0 Å². The van der Waals surface area contributed by atoms with E-state index in [1.54, 1.807) is 0 Å². The van der Waals surface area contributed by atoms with Crippen molar-refractivity contribution in [2.45, 2.75) is 45.4 Å². The van der Waals surface area contributed by atoms with Crippen LogP contribution < -0.4 is 4.52 Å². The molecule has 0 spiro atoms. The van der Waals surface area contributed by atoms with E-state index in [1.165, 1.54) is 32.1 Å². The maximum absolute atomic E-state index is 5.61. The molecule has 0 aliphatic heterocycles. The van der Waals surface area contributed by atoms with E-state index in [-0.39, 0.29) is 0 Å². The molecule has 19 heavy (non-hydrogen) atoms. The Morgan fingerprint density at radius 3 is 2.37 bits per heavy atom. The fourth-order valence-corrected chi connectivity index (χ4v) is 3.51. The number of thiol groups is 1. The Hall–Kier alpha value is -0.0200. The second-order valence-corrected chi connectivity index (χ2v) is 9.69. The molecule has 0 N–H and O–H groups in total. The summed E-state index contributed by atoms with van der Waals surface area (Å²) >= 11 is 9.61. The van der Waals surface area contributed by atoms with Gasteiger partial charge < -0.3 is 9.05 Å². The highest BCUT2D eigenvalue weighted by molar-refractivity contribution is 8.60. The predicted molar refractivity (Wildman–Crippen MR) is 89.7 cm³/mol. The molecule has 2 nitrogen and oxygen atoms in total. The largest absolute Gasteiger partial charge is 0.436 e. The molecule has 0 saturated carbocycles. The van der Waals surface area contributed by atoms with Gasteiger partial charge in [-0.05, 0) is 30.4 Å². The summed E-state index contributed by atoms with van der Waals surface area (Å²) in [5.74, 6) is 0.726. The third-order valence-corrected chi connectivity index (χ3v) is 4.80. The minimum Gasteiger partial charge on any atom is -0.436 e. The van der Waals surface area contributed by atoms with Crippen molar-refractivity contribution >= 4 is 29.7 Å². The van der Waals surface area contributed by atoms with Gasteiger partial charge in [-0.3, -0.25) is 0 Å². The second kappa shape index (κ2) is 9.82. The molecule has 108 valence electrons. The van der Waals surface area contributed by atoms with Gasteiger partial charge >= 0.3 is 0 Å². The van der Waals surface area contributed by atoms with Crippen LogP contribution in [0.2, 0.25) is 0 Å².